The van der Waals surface area contributed by atoms with Crippen LogP contribution in [0.1, 0.15) is 37.0 Å². The van der Waals surface area contributed by atoms with Gasteiger partial charge in [0, 0.05) is 6.07 Å². The molecule has 0 aliphatic carbocycles. The Kier molecular flexibility index (Phi) is 4.13. The highest BCUT2D eigenvalue weighted by atomic mass is 16.6. The maximum Gasteiger partial charge on any atom is 0.346 e. The second-order valence-corrected chi connectivity index (χ2v) is 5.56. The summed E-state index contributed by atoms with van der Waals surface area (Å²) in [5.74, 6) is -1.39. The summed E-state index contributed by atoms with van der Waals surface area (Å²) in [6.45, 7) is 4.12. The first-order chi connectivity index (χ1) is 9.80. The minimum absolute atomic E-state index is 0.00925. The Bertz CT molecular complexity index is 569. The third-order valence-electron chi connectivity index (χ3n) is 3.39. The van der Waals surface area contributed by atoms with E-state index in [4.69, 9.17) is 14.6 Å². The molecule has 2 rings (SSSR count). The lowest BCUT2D eigenvalue weighted by molar-refractivity contribution is -0.385. The van der Waals surface area contributed by atoms with E-state index in [0.29, 0.717) is 0 Å². The Hall–Kier alpha value is -2.15. The number of nitrogens with zero attached hydrogens (tertiary/aromatic N) is 1. The van der Waals surface area contributed by atoms with Crippen molar-refractivity contribution < 1.29 is 24.3 Å². The molecule has 0 bridgehead atoms. The van der Waals surface area contributed by atoms with Crippen LogP contribution in [0.5, 0.6) is 5.75 Å². The first kappa shape index (κ1) is 15.2. The highest BCUT2D eigenvalue weighted by molar-refractivity contribution is 5.95. The van der Waals surface area contributed by atoms with Crippen LogP contribution in [0.25, 0.3) is 0 Å². The second kappa shape index (κ2) is 5.69. The molecule has 0 spiro atoms. The molecule has 0 saturated carbocycles. The third-order valence-corrected chi connectivity index (χ3v) is 3.39. The first-order valence-electron chi connectivity index (χ1n) is 6.61. The molecule has 1 aromatic carbocycles. The molecule has 1 heterocycles. The number of benzene rings is 1. The van der Waals surface area contributed by atoms with Crippen molar-refractivity contribution in [2.24, 2.45) is 0 Å². The van der Waals surface area contributed by atoms with Gasteiger partial charge in [-0.2, -0.15) is 0 Å². The van der Waals surface area contributed by atoms with Crippen molar-refractivity contribution in [2.75, 3.05) is 6.61 Å². The van der Waals surface area contributed by atoms with Gasteiger partial charge in [-0.1, -0.05) is 6.07 Å². The van der Waals surface area contributed by atoms with Crippen LogP contribution in [0.2, 0.25) is 0 Å². The summed E-state index contributed by atoms with van der Waals surface area (Å²) in [4.78, 5) is 21.4. The van der Waals surface area contributed by atoms with Crippen LogP contribution in [-0.4, -0.2) is 34.3 Å². The summed E-state index contributed by atoms with van der Waals surface area (Å²) in [5, 5.41) is 20.0. The highest BCUT2D eigenvalue weighted by Gasteiger charge is 2.32. The molecule has 21 heavy (non-hydrogen) atoms. The van der Waals surface area contributed by atoms with E-state index >= 15 is 0 Å². The van der Waals surface area contributed by atoms with Crippen molar-refractivity contribution in [1.82, 2.24) is 0 Å². The van der Waals surface area contributed by atoms with Crippen molar-refractivity contribution >= 4 is 11.7 Å². The van der Waals surface area contributed by atoms with E-state index < -0.39 is 22.1 Å². The average molecular weight is 295 g/mol. The largest absolute Gasteiger partial charge is 0.490 e. The molecular formula is C14H17NO6. The van der Waals surface area contributed by atoms with Gasteiger partial charge in [0.2, 0.25) is 0 Å². The van der Waals surface area contributed by atoms with Gasteiger partial charge in [0.1, 0.15) is 12.4 Å². The number of ether oxygens (including phenoxy) is 2. The van der Waals surface area contributed by atoms with E-state index in [0.717, 1.165) is 18.9 Å². The Balaban J connectivity index is 2.15. The fourth-order valence-corrected chi connectivity index (χ4v) is 2.38. The van der Waals surface area contributed by atoms with Crippen LogP contribution in [-0.2, 0) is 4.74 Å². The van der Waals surface area contributed by atoms with E-state index in [2.05, 4.69) is 0 Å². The lowest BCUT2D eigenvalue weighted by Crippen LogP contribution is -2.24. The molecule has 1 fully saturated rings. The molecule has 0 radical (unpaired) electrons. The third kappa shape index (κ3) is 3.49. The normalized spacial score (nSPS) is 20.2. The summed E-state index contributed by atoms with van der Waals surface area (Å²) < 4.78 is 11.2. The summed E-state index contributed by atoms with van der Waals surface area (Å²) in [6, 6.07) is 3.96. The first-order valence-corrected chi connectivity index (χ1v) is 6.61. The summed E-state index contributed by atoms with van der Waals surface area (Å²) in [7, 11) is 0. The predicted octanol–water partition coefficient (Wildman–Crippen LogP) is 2.63. The molecule has 1 aliphatic rings. The summed E-state index contributed by atoms with van der Waals surface area (Å²) in [5.41, 5.74) is -1.13. The van der Waals surface area contributed by atoms with E-state index in [9.17, 15) is 14.9 Å². The number of aromatic carboxylic acids is 1. The zero-order chi connectivity index (χ0) is 15.6. The topological polar surface area (TPSA) is 98.9 Å². The molecule has 1 aliphatic heterocycles. The minimum atomic E-state index is -1.38. The molecule has 0 aromatic heterocycles. The Morgan fingerprint density at radius 1 is 1.57 bits per heavy atom. The molecule has 114 valence electrons. The van der Waals surface area contributed by atoms with Gasteiger partial charge >= 0.3 is 5.97 Å². The van der Waals surface area contributed by atoms with Crippen LogP contribution in [0.4, 0.5) is 5.69 Å². The number of carbonyl (C=O) groups is 1. The number of nitro benzene ring substituents is 1. The molecule has 1 unspecified atom stereocenters. The fraction of sp³-hybridized carbons (Fsp3) is 0.500. The number of rotatable bonds is 5. The van der Waals surface area contributed by atoms with Gasteiger partial charge in [-0.05, 0) is 32.8 Å². The van der Waals surface area contributed by atoms with Gasteiger partial charge in [-0.15, -0.1) is 0 Å². The molecule has 7 heteroatoms. The van der Waals surface area contributed by atoms with Crippen molar-refractivity contribution in [3.63, 3.8) is 0 Å². The number of hydrogen-bond donors (Lipinski definition) is 1. The van der Waals surface area contributed by atoms with E-state index in [-0.39, 0.29) is 24.1 Å². The van der Waals surface area contributed by atoms with Crippen molar-refractivity contribution in [3.8, 4) is 5.75 Å². The lowest BCUT2D eigenvalue weighted by Gasteiger charge is -2.19. The van der Waals surface area contributed by atoms with Gasteiger partial charge in [0.25, 0.3) is 5.69 Å². The number of hydrogen-bond acceptors (Lipinski definition) is 5. The molecule has 1 saturated heterocycles. The van der Waals surface area contributed by atoms with Crippen LogP contribution >= 0.6 is 0 Å². The standard InChI is InChI=1S/C14H17NO6/c1-14(2)7-6-9(21-14)8-20-11-5-3-4-10(15(18)19)12(11)13(16)17/h3-5,9H,6-8H2,1-2H3,(H,16,17). The number of carboxylic acids is 1. The summed E-state index contributed by atoms with van der Waals surface area (Å²) in [6.07, 6.45) is 1.56. The van der Waals surface area contributed by atoms with Gasteiger partial charge in [-0.25, -0.2) is 4.79 Å². The average Bonchev–Trinajstić information content (AvgIpc) is 2.75. The van der Waals surface area contributed by atoms with E-state index in [1.165, 1.54) is 12.1 Å². The van der Waals surface area contributed by atoms with Crippen LogP contribution in [0, 0.1) is 10.1 Å². The Morgan fingerprint density at radius 3 is 2.81 bits per heavy atom. The van der Waals surface area contributed by atoms with Gasteiger partial charge in [0.05, 0.1) is 16.6 Å². The SMILES string of the molecule is CC1(C)CCC(COc2cccc([N+](=O)[O-])c2C(=O)O)O1. The second-order valence-electron chi connectivity index (χ2n) is 5.56. The van der Waals surface area contributed by atoms with Crippen LogP contribution < -0.4 is 4.74 Å². The quantitative estimate of drug-likeness (QED) is 0.662. The number of nitro groups is 1. The maximum absolute atomic E-state index is 11.2. The van der Waals surface area contributed by atoms with Crippen molar-refractivity contribution in [1.29, 1.82) is 0 Å². The van der Waals surface area contributed by atoms with Gasteiger partial charge in [0.15, 0.2) is 5.56 Å². The molecular weight excluding hydrogens is 278 g/mol. The zero-order valence-electron chi connectivity index (χ0n) is 11.9. The zero-order valence-corrected chi connectivity index (χ0v) is 11.9. The Morgan fingerprint density at radius 2 is 2.29 bits per heavy atom. The lowest BCUT2D eigenvalue weighted by atomic mass is 10.1. The molecule has 0 amide bonds. The maximum atomic E-state index is 11.2. The molecule has 7 nitrogen and oxygen atoms in total. The monoisotopic (exact) mass is 295 g/mol. The molecule has 1 N–H and O–H groups in total. The smallest absolute Gasteiger partial charge is 0.346 e. The van der Waals surface area contributed by atoms with Crippen LogP contribution in [0.15, 0.2) is 18.2 Å². The van der Waals surface area contributed by atoms with E-state index in [1.54, 1.807) is 0 Å². The minimum Gasteiger partial charge on any atom is -0.490 e. The van der Waals surface area contributed by atoms with Crippen molar-refractivity contribution in [2.45, 2.75) is 38.4 Å². The van der Waals surface area contributed by atoms with Gasteiger partial charge < -0.3 is 14.6 Å². The number of carboxylic acid groups (broad SMARTS) is 1. The van der Waals surface area contributed by atoms with Crippen molar-refractivity contribution in [3.05, 3.63) is 33.9 Å². The predicted molar refractivity (Wildman–Crippen MR) is 73.7 cm³/mol. The van der Waals surface area contributed by atoms with E-state index in [1.807, 2.05) is 13.8 Å². The van der Waals surface area contributed by atoms with Gasteiger partial charge in [-0.3, -0.25) is 10.1 Å². The Labute approximate surface area is 121 Å². The summed E-state index contributed by atoms with van der Waals surface area (Å²) >= 11 is 0. The highest BCUT2D eigenvalue weighted by Crippen LogP contribution is 2.32. The fourth-order valence-electron chi connectivity index (χ4n) is 2.38. The molecule has 1 aromatic rings. The molecule has 1 atom stereocenters. The van der Waals surface area contributed by atoms with Crippen LogP contribution in [0.3, 0.4) is 0 Å².